The van der Waals surface area contributed by atoms with Gasteiger partial charge in [-0.25, -0.2) is 14.8 Å². The molecule has 1 aromatic heterocycles. The highest BCUT2D eigenvalue weighted by atomic mass is 19.1. The maximum Gasteiger partial charge on any atom is 0.165 e. The maximum atomic E-state index is 14.4. The maximum absolute atomic E-state index is 14.4. The number of pyridine rings is 1. The Balaban J connectivity index is 1.47. The standard InChI is InChI=1S/C24H28FN5O2/c1-16(2)32-20-8-6-18(7-9-20)28-22-13-24(26-15-21(22)25)29-19-5-4-17-14-27-30(10-3-11-31)23(17)12-19/h4-9,12-13,15-16,27,31H,3,10-11,14H2,1-2H3,(H2,26,28,29). The van der Waals surface area contributed by atoms with Crippen molar-refractivity contribution in [2.75, 3.05) is 28.8 Å². The minimum Gasteiger partial charge on any atom is -0.491 e. The number of fused-ring (bicyclic) bond motifs is 1. The summed E-state index contributed by atoms with van der Waals surface area (Å²) in [7, 11) is 0. The van der Waals surface area contributed by atoms with Gasteiger partial charge in [-0.3, -0.25) is 0 Å². The summed E-state index contributed by atoms with van der Waals surface area (Å²) in [5.41, 5.74) is 7.49. The van der Waals surface area contributed by atoms with Crippen molar-refractivity contribution in [3.05, 3.63) is 66.1 Å². The number of nitrogens with zero attached hydrogens (tertiary/aromatic N) is 2. The van der Waals surface area contributed by atoms with E-state index >= 15 is 0 Å². The van der Waals surface area contributed by atoms with Crippen LogP contribution in [0.2, 0.25) is 0 Å². The molecule has 4 N–H and O–H groups in total. The highest BCUT2D eigenvalue weighted by Gasteiger charge is 2.18. The summed E-state index contributed by atoms with van der Waals surface area (Å²) in [6.45, 7) is 5.56. The molecule has 0 aliphatic carbocycles. The summed E-state index contributed by atoms with van der Waals surface area (Å²) in [6.07, 6.45) is 1.98. The zero-order valence-electron chi connectivity index (χ0n) is 18.2. The van der Waals surface area contributed by atoms with Gasteiger partial charge in [-0.1, -0.05) is 6.07 Å². The van der Waals surface area contributed by atoms with Gasteiger partial charge < -0.3 is 25.5 Å². The molecule has 32 heavy (non-hydrogen) atoms. The Morgan fingerprint density at radius 3 is 2.66 bits per heavy atom. The van der Waals surface area contributed by atoms with E-state index in [0.29, 0.717) is 17.9 Å². The molecule has 0 atom stereocenters. The first kappa shape index (κ1) is 21.9. The lowest BCUT2D eigenvalue weighted by molar-refractivity contribution is 0.242. The third-order valence-corrected chi connectivity index (χ3v) is 5.01. The molecule has 0 bridgehead atoms. The Hall–Kier alpha value is -3.36. The summed E-state index contributed by atoms with van der Waals surface area (Å²) in [4.78, 5) is 4.18. The first-order chi connectivity index (χ1) is 15.5. The molecule has 1 aliphatic rings. The van der Waals surface area contributed by atoms with Crippen molar-refractivity contribution in [2.24, 2.45) is 0 Å². The van der Waals surface area contributed by atoms with Gasteiger partial charge in [0.25, 0.3) is 0 Å². The van der Waals surface area contributed by atoms with E-state index in [0.717, 1.165) is 35.9 Å². The highest BCUT2D eigenvalue weighted by molar-refractivity contribution is 5.70. The molecule has 2 heterocycles. The molecule has 168 valence electrons. The Bertz CT molecular complexity index is 1060. The molecule has 0 fully saturated rings. The van der Waals surface area contributed by atoms with Crippen LogP contribution in [0.3, 0.4) is 0 Å². The number of anilines is 5. The predicted molar refractivity (Wildman–Crippen MR) is 125 cm³/mol. The largest absolute Gasteiger partial charge is 0.491 e. The van der Waals surface area contributed by atoms with Crippen molar-refractivity contribution < 1.29 is 14.2 Å². The molecule has 7 nitrogen and oxygen atoms in total. The molecular weight excluding hydrogens is 409 g/mol. The van der Waals surface area contributed by atoms with E-state index in [1.165, 1.54) is 11.8 Å². The third-order valence-electron chi connectivity index (χ3n) is 5.01. The van der Waals surface area contributed by atoms with Gasteiger partial charge in [-0.2, -0.15) is 0 Å². The zero-order valence-corrected chi connectivity index (χ0v) is 18.2. The Morgan fingerprint density at radius 2 is 1.91 bits per heavy atom. The summed E-state index contributed by atoms with van der Waals surface area (Å²) in [6, 6.07) is 15.1. The Morgan fingerprint density at radius 1 is 1.12 bits per heavy atom. The number of aliphatic hydroxyl groups excluding tert-OH is 1. The highest BCUT2D eigenvalue weighted by Crippen LogP contribution is 2.31. The third kappa shape index (κ3) is 5.27. The number of halogens is 1. The smallest absolute Gasteiger partial charge is 0.165 e. The first-order valence-electron chi connectivity index (χ1n) is 10.7. The second-order valence-electron chi connectivity index (χ2n) is 7.90. The van der Waals surface area contributed by atoms with E-state index < -0.39 is 5.82 Å². The molecule has 1 aliphatic heterocycles. The number of hydrogen-bond donors (Lipinski definition) is 4. The molecule has 3 aromatic rings. The fourth-order valence-corrected chi connectivity index (χ4v) is 3.53. The van der Waals surface area contributed by atoms with Crippen LogP contribution >= 0.6 is 0 Å². The number of hydrogen-bond acceptors (Lipinski definition) is 7. The Labute approximate surface area is 187 Å². The van der Waals surface area contributed by atoms with Crippen molar-refractivity contribution in [2.45, 2.75) is 32.9 Å². The quantitative estimate of drug-likeness (QED) is 0.386. The van der Waals surface area contributed by atoms with Gasteiger partial charge in [-0.15, -0.1) is 0 Å². The van der Waals surface area contributed by atoms with E-state index in [1.807, 2.05) is 61.3 Å². The van der Waals surface area contributed by atoms with Crippen molar-refractivity contribution in [1.82, 2.24) is 10.4 Å². The number of ether oxygens (including phenoxy) is 1. The lowest BCUT2D eigenvalue weighted by Crippen LogP contribution is -2.33. The van der Waals surface area contributed by atoms with Gasteiger partial charge in [0.15, 0.2) is 5.82 Å². The van der Waals surface area contributed by atoms with Crippen molar-refractivity contribution in [1.29, 1.82) is 0 Å². The average molecular weight is 438 g/mol. The van der Waals surface area contributed by atoms with Crippen molar-refractivity contribution in [3.63, 3.8) is 0 Å². The van der Waals surface area contributed by atoms with Gasteiger partial charge in [0.2, 0.25) is 0 Å². The minimum atomic E-state index is -0.439. The van der Waals surface area contributed by atoms with Crippen molar-refractivity contribution in [3.8, 4) is 5.75 Å². The second-order valence-corrected chi connectivity index (χ2v) is 7.90. The van der Waals surface area contributed by atoms with Crippen LogP contribution in [0.25, 0.3) is 0 Å². The van der Waals surface area contributed by atoms with Crippen LogP contribution < -0.4 is 25.8 Å². The number of hydrazine groups is 1. The Kier molecular flexibility index (Phi) is 6.72. The topological polar surface area (TPSA) is 81.7 Å². The molecule has 0 unspecified atom stereocenters. The molecule has 0 amide bonds. The van der Waals surface area contributed by atoms with Crippen molar-refractivity contribution >= 4 is 28.6 Å². The number of aliphatic hydroxyl groups is 1. The molecule has 2 aromatic carbocycles. The molecule has 0 spiro atoms. The van der Waals surface area contributed by atoms with Crippen LogP contribution in [-0.4, -0.2) is 29.3 Å². The lowest BCUT2D eigenvalue weighted by Gasteiger charge is -2.19. The number of nitrogens with one attached hydrogen (secondary N) is 3. The number of benzene rings is 2. The van der Waals surface area contributed by atoms with Gasteiger partial charge >= 0.3 is 0 Å². The van der Waals surface area contributed by atoms with E-state index in [4.69, 9.17) is 9.84 Å². The summed E-state index contributed by atoms with van der Waals surface area (Å²) >= 11 is 0. The van der Waals surface area contributed by atoms with Gasteiger partial charge in [0.1, 0.15) is 11.6 Å². The SMILES string of the molecule is CC(C)Oc1ccc(Nc2cc(Nc3ccc4c(c3)N(CCCO)NC4)ncc2F)cc1. The molecule has 8 heteroatoms. The number of rotatable bonds is 9. The molecule has 0 saturated heterocycles. The zero-order chi connectivity index (χ0) is 22.5. The predicted octanol–water partition coefficient (Wildman–Crippen LogP) is 4.70. The van der Waals surface area contributed by atoms with Gasteiger partial charge in [0, 0.05) is 37.1 Å². The minimum absolute atomic E-state index is 0.0943. The number of aromatic nitrogens is 1. The van der Waals surface area contributed by atoms with Crippen LogP contribution in [0.4, 0.5) is 33.0 Å². The van der Waals surface area contributed by atoms with E-state index in [9.17, 15) is 4.39 Å². The fraction of sp³-hybridized carbons (Fsp3) is 0.292. The summed E-state index contributed by atoms with van der Waals surface area (Å²) in [5.74, 6) is 0.857. The van der Waals surface area contributed by atoms with Crippen LogP contribution in [0, 0.1) is 5.82 Å². The average Bonchev–Trinajstić information content (AvgIpc) is 3.18. The van der Waals surface area contributed by atoms with Crippen LogP contribution in [-0.2, 0) is 6.54 Å². The molecule has 4 rings (SSSR count). The molecule has 0 saturated carbocycles. The van der Waals surface area contributed by atoms with Crippen LogP contribution in [0.1, 0.15) is 25.8 Å². The fourth-order valence-electron chi connectivity index (χ4n) is 3.53. The van der Waals surface area contributed by atoms with E-state index in [1.54, 1.807) is 6.07 Å². The molecular formula is C24H28FN5O2. The van der Waals surface area contributed by atoms with E-state index in [-0.39, 0.29) is 12.7 Å². The van der Waals surface area contributed by atoms with Crippen LogP contribution in [0.5, 0.6) is 5.75 Å². The lowest BCUT2D eigenvalue weighted by atomic mass is 10.1. The monoisotopic (exact) mass is 437 g/mol. The van der Waals surface area contributed by atoms with Gasteiger partial charge in [-0.05, 0) is 62.2 Å². The normalized spacial score (nSPS) is 12.7. The van der Waals surface area contributed by atoms with Crippen LogP contribution in [0.15, 0.2) is 54.7 Å². The van der Waals surface area contributed by atoms with E-state index in [2.05, 4.69) is 21.0 Å². The first-order valence-corrected chi connectivity index (χ1v) is 10.7. The molecule has 0 radical (unpaired) electrons. The summed E-state index contributed by atoms with van der Waals surface area (Å²) in [5, 5.41) is 17.5. The summed E-state index contributed by atoms with van der Waals surface area (Å²) < 4.78 is 20.0. The second kappa shape index (κ2) is 9.84. The van der Waals surface area contributed by atoms with Gasteiger partial charge in [0.05, 0.1) is 23.7 Å².